The van der Waals surface area contributed by atoms with Gasteiger partial charge in [0.05, 0.1) is 24.2 Å². The molecule has 0 spiro atoms. The molecule has 3 fully saturated rings. The predicted octanol–water partition coefficient (Wildman–Crippen LogP) is 6.38. The minimum absolute atomic E-state index is 0.0313. The quantitative estimate of drug-likeness (QED) is 0.273. The molecule has 210 valence electrons. The Labute approximate surface area is 235 Å². The van der Waals surface area contributed by atoms with E-state index in [1.807, 2.05) is 24.3 Å². The van der Waals surface area contributed by atoms with Gasteiger partial charge in [0.25, 0.3) is 0 Å². The highest BCUT2D eigenvalue weighted by molar-refractivity contribution is 5.92. The molecule has 1 N–H and O–H groups in total. The van der Waals surface area contributed by atoms with Crippen molar-refractivity contribution in [1.82, 2.24) is 9.88 Å². The fraction of sp³-hybridized carbons (Fsp3) is 0.406. The second-order valence-corrected chi connectivity index (χ2v) is 11.6. The largest absolute Gasteiger partial charge is 0.497 e. The lowest BCUT2D eigenvalue weighted by molar-refractivity contribution is -0.0568. The molecule has 3 aliphatic heterocycles. The number of nitrogens with zero attached hydrogens (tertiary/aromatic N) is 2. The summed E-state index contributed by atoms with van der Waals surface area (Å²) in [4.78, 5) is 32.7. The van der Waals surface area contributed by atoms with Gasteiger partial charge in [0, 0.05) is 29.4 Å². The Morgan fingerprint density at radius 2 is 1.93 bits per heavy atom. The Hall–Kier alpha value is -3.91. The van der Waals surface area contributed by atoms with Gasteiger partial charge in [-0.1, -0.05) is 6.08 Å². The first-order chi connectivity index (χ1) is 19.1. The molecule has 1 amide bonds. The van der Waals surface area contributed by atoms with Crippen LogP contribution in [-0.2, 0) is 9.47 Å². The SMILES string of the molecule is C=C[C@H]1C[N@@]2CC[C@@H]1CC2[C@H](OC(=O)c1ccc(NC(=O)OC(C)(C)C)cc1)c1ccnc2ccc(OC)cc12. The van der Waals surface area contributed by atoms with Crippen molar-refractivity contribution in [2.24, 2.45) is 11.8 Å². The third kappa shape index (κ3) is 5.97. The first kappa shape index (κ1) is 27.6. The Balaban J connectivity index is 1.43. The molecule has 8 nitrogen and oxygen atoms in total. The van der Waals surface area contributed by atoms with Crippen molar-refractivity contribution in [2.75, 3.05) is 25.5 Å². The van der Waals surface area contributed by atoms with Gasteiger partial charge < -0.3 is 14.2 Å². The lowest BCUT2D eigenvalue weighted by Gasteiger charge is -2.51. The Morgan fingerprint density at radius 1 is 1.15 bits per heavy atom. The number of pyridine rings is 1. The fourth-order valence-electron chi connectivity index (χ4n) is 5.86. The number of carbonyl (C=O) groups excluding carboxylic acids is 2. The van der Waals surface area contributed by atoms with Gasteiger partial charge in [0.1, 0.15) is 17.5 Å². The van der Waals surface area contributed by atoms with Crippen LogP contribution in [0.5, 0.6) is 5.75 Å². The zero-order valence-corrected chi connectivity index (χ0v) is 23.6. The van der Waals surface area contributed by atoms with Gasteiger partial charge in [-0.3, -0.25) is 15.2 Å². The summed E-state index contributed by atoms with van der Waals surface area (Å²) in [5.41, 5.74) is 2.05. The normalized spacial score (nSPS) is 22.8. The molecular weight excluding hydrogens is 506 g/mol. The lowest BCUT2D eigenvalue weighted by Crippen LogP contribution is -2.55. The van der Waals surface area contributed by atoms with E-state index in [9.17, 15) is 9.59 Å². The van der Waals surface area contributed by atoms with Crippen LogP contribution >= 0.6 is 0 Å². The molecule has 1 unspecified atom stereocenters. The van der Waals surface area contributed by atoms with Crippen LogP contribution in [-0.4, -0.2) is 53.8 Å². The maximum Gasteiger partial charge on any atom is 0.412 e. The Kier molecular flexibility index (Phi) is 7.81. The summed E-state index contributed by atoms with van der Waals surface area (Å²) in [6, 6.07) is 14.4. The minimum Gasteiger partial charge on any atom is -0.497 e. The lowest BCUT2D eigenvalue weighted by atomic mass is 9.73. The number of fused-ring (bicyclic) bond motifs is 4. The number of methoxy groups -OCH3 is 1. The van der Waals surface area contributed by atoms with Gasteiger partial charge in [-0.15, -0.1) is 6.58 Å². The van der Waals surface area contributed by atoms with Crippen LogP contribution in [0, 0.1) is 11.8 Å². The maximum absolute atomic E-state index is 13.6. The van der Waals surface area contributed by atoms with Gasteiger partial charge in [0.15, 0.2) is 0 Å². The molecule has 3 aliphatic rings. The fourth-order valence-corrected chi connectivity index (χ4v) is 5.86. The number of benzene rings is 2. The van der Waals surface area contributed by atoms with Crippen molar-refractivity contribution in [3.63, 3.8) is 0 Å². The number of anilines is 1. The molecule has 0 radical (unpaired) electrons. The molecule has 8 heteroatoms. The smallest absolute Gasteiger partial charge is 0.412 e. The second kappa shape index (κ2) is 11.3. The van der Waals surface area contributed by atoms with Crippen LogP contribution < -0.4 is 10.1 Å². The van der Waals surface area contributed by atoms with E-state index in [0.717, 1.165) is 48.1 Å². The average molecular weight is 544 g/mol. The highest BCUT2D eigenvalue weighted by Gasteiger charge is 2.44. The first-order valence-corrected chi connectivity index (χ1v) is 13.8. The Bertz CT molecular complexity index is 1400. The number of hydrogen-bond donors (Lipinski definition) is 1. The summed E-state index contributed by atoms with van der Waals surface area (Å²) >= 11 is 0. The number of amides is 1. The van der Waals surface area contributed by atoms with Crippen LogP contribution in [0.2, 0.25) is 0 Å². The zero-order chi connectivity index (χ0) is 28.4. The van der Waals surface area contributed by atoms with Crippen molar-refractivity contribution in [1.29, 1.82) is 0 Å². The third-order valence-corrected chi connectivity index (χ3v) is 7.79. The van der Waals surface area contributed by atoms with E-state index in [2.05, 4.69) is 27.9 Å². The number of ether oxygens (including phenoxy) is 3. The van der Waals surface area contributed by atoms with E-state index < -0.39 is 23.8 Å². The maximum atomic E-state index is 13.6. The van der Waals surface area contributed by atoms with E-state index in [1.54, 1.807) is 58.3 Å². The molecule has 40 heavy (non-hydrogen) atoms. The van der Waals surface area contributed by atoms with Crippen LogP contribution in [0.4, 0.5) is 10.5 Å². The molecule has 5 atom stereocenters. The minimum atomic E-state index is -0.607. The van der Waals surface area contributed by atoms with Gasteiger partial charge in [0.2, 0.25) is 0 Å². The standard InChI is InChI=1S/C32H37N3O5/c1-6-20-19-35-16-14-22(20)17-28(35)29(25-13-15-33-27-12-11-24(38-5)18-26(25)27)39-30(36)21-7-9-23(10-8-21)34-31(37)40-32(2,3)4/h6-13,15,18,20,22,28-29H,1,14,16-17,19H2,2-5H3,(H,34,37)/t20-,22+,28?,29+/m0/s1. The van der Waals surface area contributed by atoms with E-state index in [0.29, 0.717) is 23.1 Å². The van der Waals surface area contributed by atoms with Crippen molar-refractivity contribution < 1.29 is 23.8 Å². The second-order valence-electron chi connectivity index (χ2n) is 11.6. The summed E-state index contributed by atoms with van der Waals surface area (Å²) in [6.07, 6.45) is 4.81. The van der Waals surface area contributed by atoms with Gasteiger partial charge >= 0.3 is 12.1 Å². The molecule has 3 saturated heterocycles. The van der Waals surface area contributed by atoms with E-state index in [4.69, 9.17) is 14.2 Å². The highest BCUT2D eigenvalue weighted by atomic mass is 16.6. The number of hydrogen-bond acceptors (Lipinski definition) is 7. The summed E-state index contributed by atoms with van der Waals surface area (Å²) in [7, 11) is 1.64. The van der Waals surface area contributed by atoms with Gasteiger partial charge in [-0.05, 0) is 101 Å². The van der Waals surface area contributed by atoms with Crippen LogP contribution in [0.25, 0.3) is 10.9 Å². The highest BCUT2D eigenvalue weighted by Crippen LogP contribution is 2.44. The van der Waals surface area contributed by atoms with Crippen molar-refractivity contribution in [3.05, 3.63) is 78.5 Å². The van der Waals surface area contributed by atoms with E-state index in [1.165, 1.54) is 0 Å². The average Bonchev–Trinajstić information content (AvgIpc) is 2.94. The van der Waals surface area contributed by atoms with E-state index in [-0.39, 0.29) is 6.04 Å². The summed E-state index contributed by atoms with van der Waals surface area (Å²) in [6.45, 7) is 11.3. The van der Waals surface area contributed by atoms with Gasteiger partial charge in [-0.2, -0.15) is 0 Å². The monoisotopic (exact) mass is 543 g/mol. The number of piperidine rings is 3. The number of nitrogens with one attached hydrogen (secondary N) is 1. The molecular formula is C32H37N3O5. The molecule has 4 heterocycles. The Morgan fingerprint density at radius 3 is 2.58 bits per heavy atom. The van der Waals surface area contributed by atoms with Crippen LogP contribution in [0.1, 0.15) is 55.6 Å². The predicted molar refractivity (Wildman–Crippen MR) is 155 cm³/mol. The van der Waals surface area contributed by atoms with Crippen molar-refractivity contribution in [3.8, 4) is 5.75 Å². The van der Waals surface area contributed by atoms with Crippen LogP contribution in [0.3, 0.4) is 0 Å². The number of aromatic nitrogens is 1. The molecule has 6 rings (SSSR count). The van der Waals surface area contributed by atoms with Gasteiger partial charge in [-0.25, -0.2) is 9.59 Å². The van der Waals surface area contributed by atoms with E-state index >= 15 is 0 Å². The zero-order valence-electron chi connectivity index (χ0n) is 23.6. The topological polar surface area (TPSA) is 90.0 Å². The van der Waals surface area contributed by atoms with Crippen LogP contribution in [0.15, 0.2) is 67.4 Å². The molecule has 2 bridgehead atoms. The summed E-state index contributed by atoms with van der Waals surface area (Å²) in [5, 5.41) is 3.60. The molecule has 0 saturated carbocycles. The first-order valence-electron chi connectivity index (χ1n) is 13.8. The van der Waals surface area contributed by atoms with Crippen molar-refractivity contribution in [2.45, 2.75) is 51.4 Å². The number of carbonyl (C=O) groups is 2. The van der Waals surface area contributed by atoms with Crippen molar-refractivity contribution >= 4 is 28.7 Å². The molecule has 0 aliphatic carbocycles. The summed E-state index contributed by atoms with van der Waals surface area (Å²) in [5.74, 6) is 1.25. The molecule has 3 aromatic rings. The number of rotatable bonds is 7. The molecule has 2 aromatic carbocycles. The third-order valence-electron chi connectivity index (χ3n) is 7.79. The number of esters is 1. The summed E-state index contributed by atoms with van der Waals surface area (Å²) < 4.78 is 17.2. The molecule has 1 aromatic heterocycles.